The summed E-state index contributed by atoms with van der Waals surface area (Å²) in [7, 11) is 0. The fraction of sp³-hybridized carbons (Fsp3) is 0.333. The van der Waals surface area contributed by atoms with Gasteiger partial charge in [0.15, 0.2) is 5.75 Å². The molecule has 0 fully saturated rings. The highest BCUT2D eigenvalue weighted by Gasteiger charge is 2.13. The molecule has 0 bridgehead atoms. The van der Waals surface area contributed by atoms with Gasteiger partial charge in [-0.15, -0.1) is 0 Å². The first kappa shape index (κ1) is 16.2. The normalized spacial score (nSPS) is 11.8. The molecule has 1 heterocycles. The summed E-state index contributed by atoms with van der Waals surface area (Å²) >= 11 is 6.09. The minimum absolute atomic E-state index is 0.0519. The Morgan fingerprint density at radius 3 is 3.00 bits per heavy atom. The van der Waals surface area contributed by atoms with E-state index in [0.29, 0.717) is 29.6 Å². The van der Waals surface area contributed by atoms with E-state index in [-0.39, 0.29) is 12.1 Å². The Balaban J connectivity index is 1.95. The van der Waals surface area contributed by atoms with Crippen LogP contribution in [-0.4, -0.2) is 28.2 Å². The van der Waals surface area contributed by atoms with Gasteiger partial charge in [-0.2, -0.15) is 0 Å². The van der Waals surface area contributed by atoms with Crippen LogP contribution in [0.25, 0.3) is 0 Å². The number of anilines is 1. The molecule has 1 atom stereocenters. The molecule has 7 heteroatoms. The van der Waals surface area contributed by atoms with Crippen molar-refractivity contribution in [1.82, 2.24) is 14.9 Å². The number of nitrogens with one attached hydrogen (secondary N) is 2. The number of hydrogen-bond acceptors (Lipinski definition) is 3. The molecule has 22 heavy (non-hydrogen) atoms. The first-order chi connectivity index (χ1) is 10.6. The average Bonchev–Trinajstić information content (AvgIpc) is 2.95. The van der Waals surface area contributed by atoms with Crippen molar-refractivity contribution in [2.75, 3.05) is 11.9 Å². The fourth-order valence-corrected chi connectivity index (χ4v) is 2.27. The van der Waals surface area contributed by atoms with Crippen molar-refractivity contribution in [2.24, 2.45) is 0 Å². The SMILES string of the molecule is CCOc1c(Cl)cccc1NC(=O)N[C@H](C)Cn1ccnc1. The Bertz CT molecular complexity index is 616. The summed E-state index contributed by atoms with van der Waals surface area (Å²) in [4.78, 5) is 16.0. The predicted octanol–water partition coefficient (Wildman–Crippen LogP) is 3.15. The van der Waals surface area contributed by atoms with E-state index in [0.717, 1.165) is 0 Å². The number of rotatable bonds is 6. The molecule has 0 saturated heterocycles. The van der Waals surface area contributed by atoms with E-state index in [1.807, 2.05) is 24.6 Å². The quantitative estimate of drug-likeness (QED) is 0.858. The molecule has 1 aromatic heterocycles. The van der Waals surface area contributed by atoms with E-state index in [9.17, 15) is 4.79 Å². The van der Waals surface area contributed by atoms with Crippen LogP contribution < -0.4 is 15.4 Å². The zero-order chi connectivity index (χ0) is 15.9. The van der Waals surface area contributed by atoms with E-state index in [1.165, 1.54) is 0 Å². The minimum atomic E-state index is -0.309. The number of hydrogen-bond donors (Lipinski definition) is 2. The number of halogens is 1. The molecule has 0 unspecified atom stereocenters. The zero-order valence-corrected chi connectivity index (χ0v) is 13.3. The van der Waals surface area contributed by atoms with Gasteiger partial charge >= 0.3 is 6.03 Å². The van der Waals surface area contributed by atoms with E-state index in [2.05, 4.69) is 15.6 Å². The van der Waals surface area contributed by atoms with E-state index in [1.54, 1.807) is 30.7 Å². The lowest BCUT2D eigenvalue weighted by molar-refractivity contribution is 0.247. The van der Waals surface area contributed by atoms with Crippen LogP contribution in [0.1, 0.15) is 13.8 Å². The Hall–Kier alpha value is -2.21. The third-order valence-corrected chi connectivity index (χ3v) is 3.22. The van der Waals surface area contributed by atoms with Gasteiger partial charge in [-0.25, -0.2) is 9.78 Å². The largest absolute Gasteiger partial charge is 0.490 e. The summed E-state index contributed by atoms with van der Waals surface area (Å²) in [5.41, 5.74) is 0.543. The van der Waals surface area contributed by atoms with Gasteiger partial charge in [-0.3, -0.25) is 0 Å². The molecule has 6 nitrogen and oxygen atoms in total. The van der Waals surface area contributed by atoms with Crippen LogP contribution in [0.2, 0.25) is 5.02 Å². The number of imidazole rings is 1. The van der Waals surface area contributed by atoms with E-state index >= 15 is 0 Å². The third kappa shape index (κ3) is 4.39. The number of ether oxygens (including phenoxy) is 1. The molecule has 2 rings (SSSR count). The average molecular weight is 323 g/mol. The number of nitrogens with zero attached hydrogens (tertiary/aromatic N) is 2. The first-order valence-electron chi connectivity index (χ1n) is 7.04. The predicted molar refractivity (Wildman–Crippen MR) is 86.5 cm³/mol. The molecule has 0 saturated carbocycles. The van der Waals surface area contributed by atoms with Crippen molar-refractivity contribution in [2.45, 2.75) is 26.4 Å². The van der Waals surface area contributed by atoms with Gasteiger partial charge in [0, 0.05) is 25.0 Å². The van der Waals surface area contributed by atoms with Crippen molar-refractivity contribution in [3.63, 3.8) is 0 Å². The minimum Gasteiger partial charge on any atom is -0.490 e. The molecule has 0 aliphatic heterocycles. The van der Waals surface area contributed by atoms with Crippen LogP contribution in [0.5, 0.6) is 5.75 Å². The van der Waals surface area contributed by atoms with Crippen LogP contribution in [0.15, 0.2) is 36.9 Å². The van der Waals surface area contributed by atoms with Crippen LogP contribution in [0, 0.1) is 0 Å². The van der Waals surface area contributed by atoms with Crippen LogP contribution in [0.4, 0.5) is 10.5 Å². The molecule has 0 spiro atoms. The second-order valence-electron chi connectivity index (χ2n) is 4.81. The number of benzene rings is 1. The number of carbonyl (C=O) groups excluding carboxylic acids is 1. The molecule has 0 aliphatic carbocycles. The van der Waals surface area contributed by atoms with Crippen molar-refractivity contribution in [1.29, 1.82) is 0 Å². The summed E-state index contributed by atoms with van der Waals surface area (Å²) in [5, 5.41) is 6.08. The Kier molecular flexibility index (Phi) is 5.66. The van der Waals surface area contributed by atoms with Gasteiger partial charge < -0.3 is 19.9 Å². The highest BCUT2D eigenvalue weighted by Crippen LogP contribution is 2.32. The molecule has 2 N–H and O–H groups in total. The Morgan fingerprint density at radius 1 is 1.50 bits per heavy atom. The lowest BCUT2D eigenvalue weighted by atomic mass is 10.3. The van der Waals surface area contributed by atoms with Gasteiger partial charge in [0.25, 0.3) is 0 Å². The molecule has 0 aliphatic rings. The first-order valence-corrected chi connectivity index (χ1v) is 7.42. The van der Waals surface area contributed by atoms with E-state index < -0.39 is 0 Å². The number of amides is 2. The standard InChI is InChI=1S/C15H19ClN4O2/c1-3-22-14-12(16)5-4-6-13(14)19-15(21)18-11(2)9-20-8-7-17-10-20/h4-8,10-11H,3,9H2,1-2H3,(H2,18,19,21)/t11-/m1/s1. The van der Waals surface area contributed by atoms with Crippen LogP contribution in [0.3, 0.4) is 0 Å². The molecule has 118 valence electrons. The topological polar surface area (TPSA) is 68.2 Å². The molecular weight excluding hydrogens is 304 g/mol. The summed E-state index contributed by atoms with van der Waals surface area (Å²) in [6.07, 6.45) is 5.26. The molecule has 2 aromatic rings. The maximum absolute atomic E-state index is 12.1. The van der Waals surface area contributed by atoms with Crippen molar-refractivity contribution in [3.05, 3.63) is 41.9 Å². The lowest BCUT2D eigenvalue weighted by Gasteiger charge is -2.17. The molecular formula is C15H19ClN4O2. The van der Waals surface area contributed by atoms with E-state index in [4.69, 9.17) is 16.3 Å². The summed E-state index contributed by atoms with van der Waals surface area (Å²) in [6, 6.07) is 4.86. The van der Waals surface area contributed by atoms with Crippen LogP contribution in [-0.2, 0) is 6.54 Å². The van der Waals surface area contributed by atoms with Gasteiger partial charge in [-0.05, 0) is 26.0 Å². The maximum Gasteiger partial charge on any atom is 0.319 e. The second-order valence-corrected chi connectivity index (χ2v) is 5.22. The Labute approximate surface area is 134 Å². The van der Waals surface area contributed by atoms with Crippen molar-refractivity contribution >= 4 is 23.3 Å². The Morgan fingerprint density at radius 2 is 2.32 bits per heavy atom. The zero-order valence-electron chi connectivity index (χ0n) is 12.5. The maximum atomic E-state index is 12.1. The van der Waals surface area contributed by atoms with Gasteiger partial charge in [0.1, 0.15) is 0 Å². The highest BCUT2D eigenvalue weighted by molar-refractivity contribution is 6.32. The number of carbonyl (C=O) groups is 1. The lowest BCUT2D eigenvalue weighted by Crippen LogP contribution is -2.38. The van der Waals surface area contributed by atoms with Gasteiger partial charge in [-0.1, -0.05) is 17.7 Å². The second kappa shape index (κ2) is 7.70. The monoisotopic (exact) mass is 322 g/mol. The van der Waals surface area contributed by atoms with Gasteiger partial charge in [0.05, 0.1) is 23.6 Å². The summed E-state index contributed by atoms with van der Waals surface area (Å²) in [5.74, 6) is 0.476. The molecule has 0 radical (unpaired) electrons. The van der Waals surface area contributed by atoms with Crippen LogP contribution >= 0.6 is 11.6 Å². The smallest absolute Gasteiger partial charge is 0.319 e. The number of para-hydroxylation sites is 1. The van der Waals surface area contributed by atoms with Crippen molar-refractivity contribution in [3.8, 4) is 5.75 Å². The van der Waals surface area contributed by atoms with Crippen molar-refractivity contribution < 1.29 is 9.53 Å². The fourth-order valence-electron chi connectivity index (χ4n) is 2.04. The summed E-state index contributed by atoms with van der Waals surface area (Å²) < 4.78 is 7.37. The van der Waals surface area contributed by atoms with Gasteiger partial charge in [0.2, 0.25) is 0 Å². The molecule has 2 amide bonds. The number of urea groups is 1. The molecule has 1 aromatic carbocycles. The highest BCUT2D eigenvalue weighted by atomic mass is 35.5. The summed E-state index contributed by atoms with van der Waals surface area (Å²) in [6.45, 7) is 4.89. The third-order valence-electron chi connectivity index (χ3n) is 2.93. The number of aromatic nitrogens is 2.